The monoisotopic (exact) mass is 198 g/mol. The number of rotatable bonds is 3. The number of carboxylic acid groups (broad SMARTS) is 1. The summed E-state index contributed by atoms with van der Waals surface area (Å²) in [5, 5.41) is 13.6. The molecule has 1 aliphatic rings. The smallest absolute Gasteiger partial charge is 0.325 e. The Hall–Kier alpha value is -1.52. The Morgan fingerprint density at radius 2 is 2.00 bits per heavy atom. The van der Waals surface area contributed by atoms with Gasteiger partial charge in [0.15, 0.2) is 0 Å². The van der Waals surface area contributed by atoms with E-state index in [1.54, 1.807) is 0 Å². The lowest BCUT2D eigenvalue weighted by atomic mass is 10.2. The van der Waals surface area contributed by atoms with Gasteiger partial charge in [-0.2, -0.15) is 0 Å². The molecule has 0 aromatic carbocycles. The quantitative estimate of drug-likeness (QED) is 0.577. The van der Waals surface area contributed by atoms with E-state index in [9.17, 15) is 9.59 Å². The maximum Gasteiger partial charge on any atom is 0.325 e. The lowest BCUT2D eigenvalue weighted by Crippen LogP contribution is -2.47. The van der Waals surface area contributed by atoms with Crippen molar-refractivity contribution in [1.82, 2.24) is 10.6 Å². The molecule has 0 aromatic rings. The highest BCUT2D eigenvalue weighted by Crippen LogP contribution is 2.08. The van der Waals surface area contributed by atoms with Gasteiger partial charge in [-0.05, 0) is 19.8 Å². The number of hydrogen-bond donors (Lipinski definition) is 3. The predicted molar refractivity (Wildman–Crippen MR) is 50.9 cm³/mol. The summed E-state index contributed by atoms with van der Waals surface area (Å²) >= 11 is 0. The number of carbonyl (C=O) groups excluding carboxylic acids is 1. The van der Waals surface area contributed by atoms with Crippen LogP contribution in [-0.2, 0) is 4.79 Å². The standard InChI is InChI=1S/C9H14N2O3/c1-6(8(12)13)10-9(14)11-7-4-2-3-5-7/h2-3,6-7H,4-5H2,1H3,(H,12,13)(H2,10,11,14)/t6-/m1/s1. The van der Waals surface area contributed by atoms with Crippen molar-refractivity contribution in [3.63, 3.8) is 0 Å². The zero-order chi connectivity index (χ0) is 10.6. The van der Waals surface area contributed by atoms with Gasteiger partial charge in [0, 0.05) is 6.04 Å². The molecule has 3 N–H and O–H groups in total. The van der Waals surface area contributed by atoms with Crippen LogP contribution in [0.5, 0.6) is 0 Å². The molecule has 1 aliphatic carbocycles. The Morgan fingerprint density at radius 1 is 1.43 bits per heavy atom. The maximum atomic E-state index is 11.2. The van der Waals surface area contributed by atoms with Gasteiger partial charge >= 0.3 is 12.0 Å². The molecule has 0 heterocycles. The van der Waals surface area contributed by atoms with Gasteiger partial charge in [-0.1, -0.05) is 12.2 Å². The van der Waals surface area contributed by atoms with Gasteiger partial charge in [0.25, 0.3) is 0 Å². The van der Waals surface area contributed by atoms with Crippen LogP contribution in [-0.4, -0.2) is 29.2 Å². The van der Waals surface area contributed by atoms with Gasteiger partial charge < -0.3 is 15.7 Å². The van der Waals surface area contributed by atoms with Crippen LogP contribution in [0.1, 0.15) is 19.8 Å². The van der Waals surface area contributed by atoms with E-state index in [-0.39, 0.29) is 6.04 Å². The van der Waals surface area contributed by atoms with Crippen LogP contribution in [0, 0.1) is 0 Å². The van der Waals surface area contributed by atoms with Crippen molar-refractivity contribution >= 4 is 12.0 Å². The zero-order valence-electron chi connectivity index (χ0n) is 7.99. The molecule has 0 saturated heterocycles. The number of hydrogen-bond acceptors (Lipinski definition) is 2. The largest absolute Gasteiger partial charge is 0.480 e. The first-order valence-electron chi connectivity index (χ1n) is 4.54. The van der Waals surface area contributed by atoms with Crippen molar-refractivity contribution in [2.45, 2.75) is 31.8 Å². The van der Waals surface area contributed by atoms with E-state index in [1.165, 1.54) is 6.92 Å². The maximum absolute atomic E-state index is 11.2. The van der Waals surface area contributed by atoms with Crippen LogP contribution in [0.25, 0.3) is 0 Å². The van der Waals surface area contributed by atoms with Crippen LogP contribution in [0.15, 0.2) is 12.2 Å². The van der Waals surface area contributed by atoms with E-state index >= 15 is 0 Å². The molecule has 78 valence electrons. The second-order valence-electron chi connectivity index (χ2n) is 3.32. The molecule has 0 aliphatic heterocycles. The second-order valence-corrected chi connectivity index (χ2v) is 3.32. The second kappa shape index (κ2) is 4.64. The highest BCUT2D eigenvalue weighted by atomic mass is 16.4. The number of aliphatic carboxylic acids is 1. The molecule has 2 amide bonds. The average molecular weight is 198 g/mol. The van der Waals surface area contributed by atoms with E-state index in [2.05, 4.69) is 10.6 Å². The van der Waals surface area contributed by atoms with Crippen LogP contribution in [0.4, 0.5) is 4.79 Å². The summed E-state index contributed by atoms with van der Waals surface area (Å²) in [6.07, 6.45) is 5.61. The summed E-state index contributed by atoms with van der Waals surface area (Å²) in [7, 11) is 0. The first-order chi connectivity index (χ1) is 6.59. The third-order valence-corrected chi connectivity index (χ3v) is 2.06. The van der Waals surface area contributed by atoms with Gasteiger partial charge in [-0.25, -0.2) is 4.79 Å². The summed E-state index contributed by atoms with van der Waals surface area (Å²) in [6.45, 7) is 1.43. The third kappa shape index (κ3) is 3.08. The van der Waals surface area contributed by atoms with Crippen molar-refractivity contribution in [2.24, 2.45) is 0 Å². The van der Waals surface area contributed by atoms with Crippen LogP contribution >= 0.6 is 0 Å². The Kier molecular flexibility index (Phi) is 3.50. The Balaban J connectivity index is 2.25. The molecule has 5 nitrogen and oxygen atoms in total. The molecule has 0 unspecified atom stereocenters. The van der Waals surface area contributed by atoms with Gasteiger partial charge in [0.1, 0.15) is 6.04 Å². The number of carbonyl (C=O) groups is 2. The number of urea groups is 1. The molecule has 5 heteroatoms. The molecule has 0 bridgehead atoms. The highest BCUT2D eigenvalue weighted by Gasteiger charge is 2.17. The zero-order valence-corrected chi connectivity index (χ0v) is 7.99. The first-order valence-corrected chi connectivity index (χ1v) is 4.54. The summed E-state index contributed by atoms with van der Waals surface area (Å²) in [5.74, 6) is -1.04. The number of carboxylic acids is 1. The highest BCUT2D eigenvalue weighted by molar-refractivity contribution is 5.82. The Morgan fingerprint density at radius 3 is 2.50 bits per heavy atom. The fourth-order valence-electron chi connectivity index (χ4n) is 1.22. The fraction of sp³-hybridized carbons (Fsp3) is 0.556. The fourth-order valence-corrected chi connectivity index (χ4v) is 1.22. The van der Waals surface area contributed by atoms with Crippen LogP contribution in [0.3, 0.4) is 0 Å². The molecule has 1 atom stereocenters. The van der Waals surface area contributed by atoms with E-state index in [4.69, 9.17) is 5.11 Å². The van der Waals surface area contributed by atoms with Gasteiger partial charge in [0.05, 0.1) is 0 Å². The van der Waals surface area contributed by atoms with E-state index < -0.39 is 18.0 Å². The summed E-state index contributed by atoms with van der Waals surface area (Å²) < 4.78 is 0. The van der Waals surface area contributed by atoms with Crippen molar-refractivity contribution in [1.29, 1.82) is 0 Å². The van der Waals surface area contributed by atoms with Gasteiger partial charge in [-0.15, -0.1) is 0 Å². The third-order valence-electron chi connectivity index (χ3n) is 2.06. The minimum Gasteiger partial charge on any atom is -0.480 e. The summed E-state index contributed by atoms with van der Waals surface area (Å²) in [4.78, 5) is 21.6. The Labute approximate surface area is 82.2 Å². The molecule has 0 saturated carbocycles. The molecule has 1 rings (SSSR count). The molecular weight excluding hydrogens is 184 g/mol. The van der Waals surface area contributed by atoms with Gasteiger partial charge in [-0.3, -0.25) is 4.79 Å². The van der Waals surface area contributed by atoms with Crippen molar-refractivity contribution in [3.05, 3.63) is 12.2 Å². The normalized spacial score (nSPS) is 17.8. The summed E-state index contributed by atoms with van der Waals surface area (Å²) in [5.41, 5.74) is 0. The Bertz CT molecular complexity index is 255. The average Bonchev–Trinajstić information content (AvgIpc) is 2.56. The van der Waals surface area contributed by atoms with Crippen molar-refractivity contribution in [3.8, 4) is 0 Å². The molecule has 0 spiro atoms. The van der Waals surface area contributed by atoms with Crippen LogP contribution in [0.2, 0.25) is 0 Å². The number of amides is 2. The van der Waals surface area contributed by atoms with E-state index in [1.807, 2.05) is 12.2 Å². The lowest BCUT2D eigenvalue weighted by Gasteiger charge is -2.14. The summed E-state index contributed by atoms with van der Waals surface area (Å²) in [6, 6.07) is -1.17. The SMILES string of the molecule is C[C@@H](NC(=O)NC1CC=CC1)C(=O)O. The van der Waals surface area contributed by atoms with Crippen molar-refractivity contribution < 1.29 is 14.7 Å². The van der Waals surface area contributed by atoms with Gasteiger partial charge in [0.2, 0.25) is 0 Å². The minimum atomic E-state index is -1.04. The van der Waals surface area contributed by atoms with E-state index in [0.717, 1.165) is 12.8 Å². The van der Waals surface area contributed by atoms with Crippen molar-refractivity contribution in [2.75, 3.05) is 0 Å². The molecule has 0 fully saturated rings. The minimum absolute atomic E-state index is 0.107. The molecule has 0 radical (unpaired) electrons. The topological polar surface area (TPSA) is 78.4 Å². The molecule has 0 aromatic heterocycles. The molecule has 14 heavy (non-hydrogen) atoms. The molecular formula is C9H14N2O3. The lowest BCUT2D eigenvalue weighted by molar-refractivity contribution is -0.138. The number of nitrogens with one attached hydrogen (secondary N) is 2. The predicted octanol–water partition coefficient (Wildman–Crippen LogP) is 0.477. The van der Waals surface area contributed by atoms with E-state index in [0.29, 0.717) is 0 Å². The van der Waals surface area contributed by atoms with Crippen LogP contribution < -0.4 is 10.6 Å². The first kappa shape index (κ1) is 10.6.